The van der Waals surface area contributed by atoms with Crippen LogP contribution in [-0.2, 0) is 0 Å². The Bertz CT molecular complexity index is 1330. The smallest absolute Gasteiger partial charge is 0.160 e. The average molecular weight is 419 g/mol. The average Bonchev–Trinajstić information content (AvgIpc) is 2.85. The normalized spacial score (nSPS) is 10.7. The number of rotatable bonds is 4. The van der Waals surface area contributed by atoms with Crippen molar-refractivity contribution in [2.24, 2.45) is 0 Å². The van der Waals surface area contributed by atoms with Gasteiger partial charge in [-0.15, -0.1) is 0 Å². The molecule has 0 spiro atoms. The second kappa shape index (κ2) is 8.55. The fraction of sp³-hybridized carbons (Fsp3) is 0. The van der Waals surface area contributed by atoms with Gasteiger partial charge in [-0.3, -0.25) is 0 Å². The molecule has 1 heterocycles. The van der Waals surface area contributed by atoms with Gasteiger partial charge in [-0.25, -0.2) is 9.97 Å². The summed E-state index contributed by atoms with van der Waals surface area (Å²) < 4.78 is 0. The minimum Gasteiger partial charge on any atom is -0.228 e. The summed E-state index contributed by atoms with van der Waals surface area (Å²) in [6, 6.07) is 38.6. The lowest BCUT2D eigenvalue weighted by atomic mass is 9.96. The van der Waals surface area contributed by atoms with Gasteiger partial charge < -0.3 is 0 Å². The highest BCUT2D eigenvalue weighted by Crippen LogP contribution is 2.34. The van der Waals surface area contributed by atoms with Crippen LogP contribution in [0.3, 0.4) is 0 Å². The molecule has 0 unspecified atom stereocenters. The minimum atomic E-state index is 0.654. The second-order valence-electron chi connectivity index (χ2n) is 7.25. The quantitative estimate of drug-likeness (QED) is 0.297. The lowest BCUT2D eigenvalue weighted by molar-refractivity contribution is 1.18. The van der Waals surface area contributed by atoms with Crippen molar-refractivity contribution in [1.29, 1.82) is 0 Å². The Hall–Kier alpha value is -3.75. The SMILES string of the molecule is Clc1cccc(-c2nc(-c3ccccc3)cc(-c3ccccc3-c3ccccc3)n2)c1. The molecule has 148 valence electrons. The molecule has 5 aromatic rings. The monoisotopic (exact) mass is 418 g/mol. The largest absolute Gasteiger partial charge is 0.228 e. The number of hydrogen-bond donors (Lipinski definition) is 0. The standard InChI is InChI=1S/C28H19ClN2/c29-23-15-9-14-22(18-23)28-30-26(21-12-5-2-6-13-21)19-27(31-28)25-17-8-7-16-24(25)20-10-3-1-4-11-20/h1-19H. The lowest BCUT2D eigenvalue weighted by Crippen LogP contribution is -1.97. The third-order valence-electron chi connectivity index (χ3n) is 5.17. The van der Waals surface area contributed by atoms with Crippen LogP contribution in [0.4, 0.5) is 0 Å². The summed E-state index contributed by atoms with van der Waals surface area (Å²) >= 11 is 6.26. The fourth-order valence-corrected chi connectivity index (χ4v) is 3.86. The number of hydrogen-bond acceptors (Lipinski definition) is 2. The number of benzene rings is 4. The lowest BCUT2D eigenvalue weighted by Gasteiger charge is -2.13. The summed E-state index contributed by atoms with van der Waals surface area (Å²) in [7, 11) is 0. The van der Waals surface area contributed by atoms with E-state index in [0.717, 1.165) is 39.2 Å². The Morgan fingerprint density at radius 1 is 0.452 bits per heavy atom. The van der Waals surface area contributed by atoms with Crippen molar-refractivity contribution in [1.82, 2.24) is 9.97 Å². The first-order valence-corrected chi connectivity index (χ1v) is 10.5. The van der Waals surface area contributed by atoms with Gasteiger partial charge in [0.15, 0.2) is 5.82 Å². The van der Waals surface area contributed by atoms with Crippen LogP contribution in [0.15, 0.2) is 115 Å². The second-order valence-corrected chi connectivity index (χ2v) is 7.69. The molecule has 0 atom stereocenters. The van der Waals surface area contributed by atoms with Crippen molar-refractivity contribution in [3.8, 4) is 45.0 Å². The maximum atomic E-state index is 6.26. The Balaban J connectivity index is 1.74. The summed E-state index contributed by atoms with van der Waals surface area (Å²) in [5, 5.41) is 0.664. The van der Waals surface area contributed by atoms with Gasteiger partial charge >= 0.3 is 0 Å². The van der Waals surface area contributed by atoms with Gasteiger partial charge in [-0.2, -0.15) is 0 Å². The molecule has 0 aliphatic heterocycles. The number of halogens is 1. The van der Waals surface area contributed by atoms with Crippen molar-refractivity contribution in [2.75, 3.05) is 0 Å². The zero-order valence-electron chi connectivity index (χ0n) is 16.7. The molecule has 31 heavy (non-hydrogen) atoms. The molecule has 0 aliphatic rings. The van der Waals surface area contributed by atoms with E-state index in [0.29, 0.717) is 10.8 Å². The zero-order valence-corrected chi connectivity index (χ0v) is 17.5. The van der Waals surface area contributed by atoms with E-state index in [-0.39, 0.29) is 0 Å². The first-order chi connectivity index (χ1) is 15.3. The molecule has 1 aromatic heterocycles. The van der Waals surface area contributed by atoms with Gasteiger partial charge in [0.25, 0.3) is 0 Å². The zero-order chi connectivity index (χ0) is 21.0. The molecule has 0 bridgehead atoms. The number of nitrogens with zero attached hydrogens (tertiary/aromatic N) is 2. The highest BCUT2D eigenvalue weighted by Gasteiger charge is 2.14. The van der Waals surface area contributed by atoms with E-state index in [1.165, 1.54) is 0 Å². The number of aromatic nitrogens is 2. The molecular formula is C28H19ClN2. The summed E-state index contributed by atoms with van der Waals surface area (Å²) in [4.78, 5) is 9.83. The van der Waals surface area contributed by atoms with E-state index in [9.17, 15) is 0 Å². The third-order valence-corrected chi connectivity index (χ3v) is 5.40. The van der Waals surface area contributed by atoms with Gasteiger partial charge in [0.2, 0.25) is 0 Å². The van der Waals surface area contributed by atoms with Crippen LogP contribution in [0.25, 0.3) is 45.0 Å². The third kappa shape index (κ3) is 4.11. The Morgan fingerprint density at radius 3 is 1.74 bits per heavy atom. The molecule has 0 aliphatic carbocycles. The van der Waals surface area contributed by atoms with Crippen molar-refractivity contribution in [2.45, 2.75) is 0 Å². The van der Waals surface area contributed by atoms with Crippen LogP contribution in [0.1, 0.15) is 0 Å². The van der Waals surface area contributed by atoms with Crippen LogP contribution >= 0.6 is 11.6 Å². The van der Waals surface area contributed by atoms with E-state index < -0.39 is 0 Å². The first-order valence-electron chi connectivity index (χ1n) is 10.1. The highest BCUT2D eigenvalue weighted by atomic mass is 35.5. The molecule has 0 fully saturated rings. The predicted octanol–water partition coefficient (Wildman–Crippen LogP) is 7.80. The molecular weight excluding hydrogens is 400 g/mol. The molecule has 5 rings (SSSR count). The van der Waals surface area contributed by atoms with E-state index in [1.54, 1.807) is 0 Å². The summed E-state index contributed by atoms with van der Waals surface area (Å²) in [6.45, 7) is 0. The highest BCUT2D eigenvalue weighted by molar-refractivity contribution is 6.30. The molecule has 0 radical (unpaired) electrons. The molecule has 2 nitrogen and oxygen atoms in total. The molecule has 0 saturated carbocycles. The van der Waals surface area contributed by atoms with E-state index >= 15 is 0 Å². The van der Waals surface area contributed by atoms with Gasteiger partial charge in [0.05, 0.1) is 11.4 Å². The van der Waals surface area contributed by atoms with Crippen molar-refractivity contribution >= 4 is 11.6 Å². The van der Waals surface area contributed by atoms with Crippen LogP contribution in [0.5, 0.6) is 0 Å². The summed E-state index contributed by atoms with van der Waals surface area (Å²) in [5.74, 6) is 0.654. The Labute approximate surface area is 186 Å². The van der Waals surface area contributed by atoms with Crippen LogP contribution in [0, 0.1) is 0 Å². The first kappa shape index (κ1) is 19.2. The van der Waals surface area contributed by atoms with E-state index in [2.05, 4.69) is 60.7 Å². The summed E-state index contributed by atoms with van der Waals surface area (Å²) in [6.07, 6.45) is 0. The van der Waals surface area contributed by atoms with Crippen LogP contribution in [0.2, 0.25) is 5.02 Å². The van der Waals surface area contributed by atoms with Gasteiger partial charge in [0, 0.05) is 21.7 Å². The Kier molecular flexibility index (Phi) is 5.30. The van der Waals surface area contributed by atoms with Crippen LogP contribution < -0.4 is 0 Å². The topological polar surface area (TPSA) is 25.8 Å². The Morgan fingerprint density at radius 2 is 1.03 bits per heavy atom. The predicted molar refractivity (Wildman–Crippen MR) is 129 cm³/mol. The molecule has 0 saturated heterocycles. The van der Waals surface area contributed by atoms with Crippen LogP contribution in [-0.4, -0.2) is 9.97 Å². The van der Waals surface area contributed by atoms with Gasteiger partial charge in [-0.1, -0.05) is 109 Å². The summed E-state index contributed by atoms with van der Waals surface area (Å²) in [5.41, 5.74) is 7.05. The van der Waals surface area contributed by atoms with Gasteiger partial charge in [-0.05, 0) is 29.3 Å². The van der Waals surface area contributed by atoms with Crippen molar-refractivity contribution in [3.63, 3.8) is 0 Å². The molecule has 3 heteroatoms. The maximum Gasteiger partial charge on any atom is 0.160 e. The van der Waals surface area contributed by atoms with Crippen molar-refractivity contribution in [3.05, 3.63) is 120 Å². The van der Waals surface area contributed by atoms with E-state index in [1.807, 2.05) is 54.6 Å². The van der Waals surface area contributed by atoms with Crippen molar-refractivity contribution < 1.29 is 0 Å². The molecule has 0 N–H and O–H groups in total. The minimum absolute atomic E-state index is 0.654. The molecule has 0 amide bonds. The fourth-order valence-electron chi connectivity index (χ4n) is 3.67. The molecule has 4 aromatic carbocycles. The van der Waals surface area contributed by atoms with E-state index in [4.69, 9.17) is 21.6 Å². The maximum absolute atomic E-state index is 6.26. The van der Waals surface area contributed by atoms with Gasteiger partial charge in [0.1, 0.15) is 0 Å².